The maximum absolute atomic E-state index is 10.1. The van der Waals surface area contributed by atoms with Gasteiger partial charge in [-0.25, -0.2) is 0 Å². The van der Waals surface area contributed by atoms with Gasteiger partial charge in [-0.1, -0.05) is 127 Å². The lowest BCUT2D eigenvalue weighted by Crippen LogP contribution is -2.36. The highest BCUT2D eigenvalue weighted by Crippen LogP contribution is 2.42. The molecule has 0 fully saturated rings. The van der Waals surface area contributed by atoms with Gasteiger partial charge in [0.1, 0.15) is 6.10 Å². The largest absolute Gasteiger partial charge is 0.504 e. The summed E-state index contributed by atoms with van der Waals surface area (Å²) in [6.45, 7) is 0.219. The van der Waals surface area contributed by atoms with Crippen LogP contribution in [0, 0.1) is 0 Å². The minimum atomic E-state index is -1.25. The molecule has 0 saturated heterocycles. The molecule has 1 N–H and O–H groups in total. The first-order valence-electron chi connectivity index (χ1n) is 12.6. The fourth-order valence-corrected chi connectivity index (χ4v) is 4.57. The molecule has 0 amide bonds. The van der Waals surface area contributed by atoms with Crippen LogP contribution in [0.3, 0.4) is 0 Å². The third-order valence-corrected chi connectivity index (χ3v) is 6.48. The second-order valence-electron chi connectivity index (χ2n) is 8.96. The van der Waals surface area contributed by atoms with Crippen molar-refractivity contribution in [2.45, 2.75) is 18.5 Å². The lowest BCUT2D eigenvalue weighted by Gasteiger charge is -2.38. The summed E-state index contributed by atoms with van der Waals surface area (Å²) in [4.78, 5) is 0. The molecule has 0 heterocycles. The zero-order chi connectivity index (χ0) is 26.2. The molecular weight excluding hydrogens is 472 g/mol. The van der Waals surface area contributed by atoms with Gasteiger partial charge < -0.3 is 19.3 Å². The summed E-state index contributed by atoms with van der Waals surface area (Å²) in [6.07, 6.45) is -0.410. The summed E-state index contributed by atoms with van der Waals surface area (Å²) in [5, 5.41) is 10.1. The number of aromatic hydroxyl groups is 1. The number of benzene rings is 5. The van der Waals surface area contributed by atoms with Gasteiger partial charge in [0.25, 0.3) is 0 Å². The molecule has 0 aliphatic carbocycles. The molecule has 5 rings (SSSR count). The molecule has 0 spiro atoms. The van der Waals surface area contributed by atoms with Crippen LogP contribution in [0.15, 0.2) is 140 Å². The van der Waals surface area contributed by atoms with Gasteiger partial charge in [-0.2, -0.15) is 0 Å². The highest BCUT2D eigenvalue weighted by atomic mass is 16.7. The van der Waals surface area contributed by atoms with E-state index in [-0.39, 0.29) is 12.4 Å². The molecule has 5 aromatic rings. The van der Waals surface area contributed by atoms with Gasteiger partial charge in [-0.3, -0.25) is 0 Å². The van der Waals surface area contributed by atoms with E-state index in [0.717, 1.165) is 27.8 Å². The fourth-order valence-electron chi connectivity index (χ4n) is 4.57. The molecule has 0 aliphatic heterocycles. The molecule has 190 valence electrons. The van der Waals surface area contributed by atoms with Crippen LogP contribution in [0.2, 0.25) is 0 Å². The van der Waals surface area contributed by atoms with E-state index < -0.39 is 11.9 Å². The van der Waals surface area contributed by atoms with E-state index in [4.69, 9.17) is 14.2 Å². The SMILES string of the molecule is COc1cc(COC(OC(c2ccccc2)c2ccccc2)(c2ccccc2)c2ccccc2)ccc1O. The number of hydrogen-bond acceptors (Lipinski definition) is 4. The molecule has 0 bridgehead atoms. The number of phenolic OH excluding ortho intramolecular Hbond substituents is 1. The van der Waals surface area contributed by atoms with Crippen molar-refractivity contribution < 1.29 is 19.3 Å². The van der Waals surface area contributed by atoms with Crippen molar-refractivity contribution in [1.29, 1.82) is 0 Å². The van der Waals surface area contributed by atoms with E-state index in [1.54, 1.807) is 12.1 Å². The minimum Gasteiger partial charge on any atom is -0.504 e. The van der Waals surface area contributed by atoms with Crippen LogP contribution in [0.5, 0.6) is 11.5 Å². The molecule has 0 unspecified atom stereocenters. The van der Waals surface area contributed by atoms with E-state index in [9.17, 15) is 5.11 Å². The first kappa shape index (κ1) is 25.3. The number of rotatable bonds is 10. The van der Waals surface area contributed by atoms with E-state index in [1.165, 1.54) is 7.11 Å². The van der Waals surface area contributed by atoms with Crippen molar-refractivity contribution in [3.05, 3.63) is 167 Å². The predicted octanol–water partition coefficient (Wildman–Crippen LogP) is 7.62. The standard InChI is InChI=1S/C34H30O4/c1-36-32-24-26(22-23-31(32)35)25-37-34(29-18-10-4-11-19-29,30-20-12-5-13-21-30)38-33(27-14-6-2-7-15-27)28-16-8-3-9-17-28/h2-24,33,35H,25H2,1H3. The Balaban J connectivity index is 1.65. The predicted molar refractivity (Wildman–Crippen MR) is 149 cm³/mol. The fraction of sp³-hybridized carbons (Fsp3) is 0.118. The highest BCUT2D eigenvalue weighted by Gasteiger charge is 2.40. The van der Waals surface area contributed by atoms with Gasteiger partial charge in [0.15, 0.2) is 11.5 Å². The van der Waals surface area contributed by atoms with E-state index >= 15 is 0 Å². The Labute approximate surface area is 223 Å². The van der Waals surface area contributed by atoms with Gasteiger partial charge in [0, 0.05) is 11.1 Å². The van der Waals surface area contributed by atoms with Crippen molar-refractivity contribution >= 4 is 0 Å². The minimum absolute atomic E-state index is 0.0816. The topological polar surface area (TPSA) is 47.9 Å². The molecule has 5 aromatic carbocycles. The number of ether oxygens (including phenoxy) is 3. The quantitative estimate of drug-likeness (QED) is 0.200. The van der Waals surface area contributed by atoms with Crippen LogP contribution < -0.4 is 4.74 Å². The first-order valence-corrected chi connectivity index (χ1v) is 12.6. The molecule has 0 saturated carbocycles. The van der Waals surface area contributed by atoms with Crippen LogP contribution in [0.1, 0.15) is 33.9 Å². The first-order chi connectivity index (χ1) is 18.7. The lowest BCUT2D eigenvalue weighted by molar-refractivity contribution is -0.243. The zero-order valence-corrected chi connectivity index (χ0v) is 21.2. The zero-order valence-electron chi connectivity index (χ0n) is 21.2. The van der Waals surface area contributed by atoms with Crippen molar-refractivity contribution in [2.24, 2.45) is 0 Å². The van der Waals surface area contributed by atoms with Gasteiger partial charge in [-0.15, -0.1) is 0 Å². The molecule has 4 nitrogen and oxygen atoms in total. The molecule has 0 aliphatic rings. The highest BCUT2D eigenvalue weighted by molar-refractivity contribution is 5.42. The molecule has 4 heteroatoms. The summed E-state index contributed by atoms with van der Waals surface area (Å²) >= 11 is 0. The monoisotopic (exact) mass is 502 g/mol. The Morgan fingerprint density at radius 1 is 0.632 bits per heavy atom. The number of methoxy groups -OCH3 is 1. The molecular formula is C34H30O4. The lowest BCUT2D eigenvalue weighted by atomic mass is 9.94. The Hall–Kier alpha value is -4.38. The summed E-state index contributed by atoms with van der Waals surface area (Å²) in [5.74, 6) is -0.772. The molecule has 0 aromatic heterocycles. The molecule has 0 radical (unpaired) electrons. The van der Waals surface area contributed by atoms with Crippen LogP contribution >= 0.6 is 0 Å². The van der Waals surface area contributed by atoms with E-state index in [2.05, 4.69) is 24.3 Å². The Bertz CT molecular complexity index is 1340. The van der Waals surface area contributed by atoms with Gasteiger partial charge in [-0.05, 0) is 28.8 Å². The molecule has 38 heavy (non-hydrogen) atoms. The number of phenols is 1. The summed E-state index contributed by atoms with van der Waals surface area (Å²) in [7, 11) is 1.53. The molecule has 0 atom stereocenters. The Morgan fingerprint density at radius 3 is 1.58 bits per heavy atom. The van der Waals surface area contributed by atoms with Crippen LogP contribution in [0.25, 0.3) is 0 Å². The number of hydrogen-bond donors (Lipinski definition) is 1. The van der Waals surface area contributed by atoms with Gasteiger partial charge >= 0.3 is 0 Å². The second kappa shape index (κ2) is 11.8. The normalized spacial score (nSPS) is 11.4. The third-order valence-electron chi connectivity index (χ3n) is 6.48. The van der Waals surface area contributed by atoms with Crippen LogP contribution in [0.4, 0.5) is 0 Å². The van der Waals surface area contributed by atoms with Crippen LogP contribution in [-0.2, 0) is 21.9 Å². The third kappa shape index (κ3) is 5.47. The summed E-state index contributed by atoms with van der Waals surface area (Å²) < 4.78 is 19.4. The maximum Gasteiger partial charge on any atom is 0.223 e. The van der Waals surface area contributed by atoms with Crippen LogP contribution in [-0.4, -0.2) is 12.2 Å². The Kier molecular flexibility index (Phi) is 7.84. The summed E-state index contributed by atoms with van der Waals surface area (Å²) in [5.41, 5.74) is 4.62. The summed E-state index contributed by atoms with van der Waals surface area (Å²) in [6, 6.07) is 45.6. The maximum atomic E-state index is 10.1. The van der Waals surface area contributed by atoms with E-state index in [0.29, 0.717) is 5.75 Å². The second-order valence-corrected chi connectivity index (χ2v) is 8.96. The van der Waals surface area contributed by atoms with Crippen molar-refractivity contribution in [3.8, 4) is 11.5 Å². The van der Waals surface area contributed by atoms with E-state index in [1.807, 2.05) is 103 Å². The average molecular weight is 503 g/mol. The average Bonchev–Trinajstić information content (AvgIpc) is 3.00. The Morgan fingerprint density at radius 2 is 1.11 bits per heavy atom. The van der Waals surface area contributed by atoms with Crippen molar-refractivity contribution in [2.75, 3.05) is 7.11 Å². The van der Waals surface area contributed by atoms with Crippen molar-refractivity contribution in [1.82, 2.24) is 0 Å². The smallest absolute Gasteiger partial charge is 0.223 e. The van der Waals surface area contributed by atoms with Gasteiger partial charge in [0.05, 0.1) is 13.7 Å². The van der Waals surface area contributed by atoms with Crippen molar-refractivity contribution in [3.63, 3.8) is 0 Å². The van der Waals surface area contributed by atoms with Gasteiger partial charge in [0.2, 0.25) is 5.79 Å².